The first-order valence-electron chi connectivity index (χ1n) is 6.96. The summed E-state index contributed by atoms with van der Waals surface area (Å²) in [6.45, 7) is 4.56. The van der Waals surface area contributed by atoms with Crippen molar-refractivity contribution in [3.63, 3.8) is 0 Å². The molecule has 0 aliphatic rings. The van der Waals surface area contributed by atoms with Crippen molar-refractivity contribution in [1.29, 1.82) is 0 Å². The molecular formula is C17H18N2O2S. The van der Waals surface area contributed by atoms with Crippen LogP contribution >= 0.6 is 11.8 Å². The summed E-state index contributed by atoms with van der Waals surface area (Å²) in [6.07, 6.45) is 7.70. The van der Waals surface area contributed by atoms with E-state index in [1.165, 1.54) is 22.1 Å². The molecule has 0 N–H and O–H groups in total. The fraction of sp³-hybridized carbons (Fsp3) is 0.235. The first kappa shape index (κ1) is 16.2. The van der Waals surface area contributed by atoms with E-state index in [2.05, 4.69) is 42.0 Å². The molecule has 114 valence electrons. The van der Waals surface area contributed by atoms with Crippen molar-refractivity contribution in [2.75, 3.05) is 12.4 Å². The number of benzene rings is 1. The van der Waals surface area contributed by atoms with Crippen molar-refractivity contribution >= 4 is 23.8 Å². The molecule has 0 aliphatic heterocycles. The van der Waals surface area contributed by atoms with Crippen molar-refractivity contribution in [2.45, 2.75) is 18.7 Å². The minimum absolute atomic E-state index is 0.369. The van der Waals surface area contributed by atoms with Gasteiger partial charge in [-0.15, -0.1) is 11.8 Å². The summed E-state index contributed by atoms with van der Waals surface area (Å²) < 4.78 is 5.14. The molecule has 0 saturated carbocycles. The van der Waals surface area contributed by atoms with E-state index in [9.17, 15) is 4.79 Å². The number of carbonyl (C=O) groups excluding carboxylic acids is 1. The van der Waals surface area contributed by atoms with Crippen LogP contribution in [-0.4, -0.2) is 28.3 Å². The van der Waals surface area contributed by atoms with E-state index in [1.54, 1.807) is 36.4 Å². The lowest BCUT2D eigenvalue weighted by atomic mass is 10.1. The van der Waals surface area contributed by atoms with Gasteiger partial charge in [0.05, 0.1) is 11.9 Å². The summed E-state index contributed by atoms with van der Waals surface area (Å²) in [5.74, 6) is 0.360. The largest absolute Gasteiger partial charge is 0.462 e. The quantitative estimate of drug-likeness (QED) is 0.354. The Morgan fingerprint density at radius 3 is 2.86 bits per heavy atom. The minimum Gasteiger partial charge on any atom is -0.462 e. The molecule has 1 aromatic heterocycles. The average molecular weight is 314 g/mol. The summed E-state index contributed by atoms with van der Waals surface area (Å²) in [7, 11) is 0. The number of rotatable bonds is 6. The summed E-state index contributed by atoms with van der Waals surface area (Å²) in [5, 5.41) is 0. The Morgan fingerprint density at radius 1 is 1.27 bits per heavy atom. The number of aryl methyl sites for hydroxylation is 2. The molecule has 0 unspecified atom stereocenters. The summed E-state index contributed by atoms with van der Waals surface area (Å²) in [4.78, 5) is 20.7. The van der Waals surface area contributed by atoms with Crippen LogP contribution in [0.2, 0.25) is 0 Å². The zero-order valence-corrected chi connectivity index (χ0v) is 13.5. The topological polar surface area (TPSA) is 52.1 Å². The number of hydrogen-bond donors (Lipinski definition) is 0. The first-order chi connectivity index (χ1) is 10.6. The third-order valence-electron chi connectivity index (χ3n) is 3.05. The third kappa shape index (κ3) is 5.33. The highest BCUT2D eigenvalue weighted by Gasteiger charge is 2.00. The van der Waals surface area contributed by atoms with Crippen LogP contribution in [0.4, 0.5) is 0 Å². The van der Waals surface area contributed by atoms with Crippen LogP contribution in [0, 0.1) is 13.8 Å². The van der Waals surface area contributed by atoms with Crippen molar-refractivity contribution in [3.8, 4) is 0 Å². The Kier molecular flexibility index (Phi) is 6.15. The second kappa shape index (κ2) is 8.34. The summed E-state index contributed by atoms with van der Waals surface area (Å²) >= 11 is 1.68. The predicted octanol–water partition coefficient (Wildman–Crippen LogP) is 3.44. The summed E-state index contributed by atoms with van der Waals surface area (Å²) in [6, 6.07) is 6.34. The van der Waals surface area contributed by atoms with Gasteiger partial charge in [0.15, 0.2) is 0 Å². The molecule has 4 nitrogen and oxygen atoms in total. The molecule has 0 bridgehead atoms. The van der Waals surface area contributed by atoms with Gasteiger partial charge in [0.25, 0.3) is 0 Å². The Balaban J connectivity index is 1.71. The maximum atomic E-state index is 11.6. The van der Waals surface area contributed by atoms with E-state index in [-0.39, 0.29) is 5.97 Å². The smallest absolute Gasteiger partial charge is 0.330 e. The number of aromatic nitrogens is 2. The van der Waals surface area contributed by atoms with Crippen molar-refractivity contribution in [3.05, 3.63) is 59.7 Å². The lowest BCUT2D eigenvalue weighted by molar-refractivity contribution is -0.137. The van der Waals surface area contributed by atoms with Gasteiger partial charge in [0, 0.05) is 29.1 Å². The normalized spacial score (nSPS) is 10.8. The molecule has 1 aromatic carbocycles. The fourth-order valence-corrected chi connectivity index (χ4v) is 2.53. The number of thioether (sulfide) groups is 1. The third-order valence-corrected chi connectivity index (χ3v) is 4.01. The number of ether oxygens (including phenoxy) is 1. The van der Waals surface area contributed by atoms with Gasteiger partial charge in [-0.2, -0.15) is 0 Å². The van der Waals surface area contributed by atoms with E-state index in [4.69, 9.17) is 4.74 Å². The molecule has 1 heterocycles. The van der Waals surface area contributed by atoms with Crippen LogP contribution in [0.1, 0.15) is 16.8 Å². The average Bonchev–Trinajstić information content (AvgIpc) is 2.54. The lowest BCUT2D eigenvalue weighted by Gasteiger charge is -2.05. The van der Waals surface area contributed by atoms with Crippen molar-refractivity contribution in [1.82, 2.24) is 9.97 Å². The SMILES string of the molecule is Cc1ccc(SCCOC(=O)/C=C/c2cnccn2)cc1C. The van der Waals surface area contributed by atoms with E-state index >= 15 is 0 Å². The van der Waals surface area contributed by atoms with E-state index in [0.29, 0.717) is 12.3 Å². The molecule has 2 aromatic rings. The predicted molar refractivity (Wildman–Crippen MR) is 88.7 cm³/mol. The highest BCUT2D eigenvalue weighted by Crippen LogP contribution is 2.20. The molecule has 0 fully saturated rings. The zero-order chi connectivity index (χ0) is 15.8. The van der Waals surface area contributed by atoms with E-state index < -0.39 is 0 Å². The van der Waals surface area contributed by atoms with Gasteiger partial charge in [0.1, 0.15) is 6.61 Å². The minimum atomic E-state index is -0.369. The van der Waals surface area contributed by atoms with Crippen LogP contribution < -0.4 is 0 Å². The molecule has 22 heavy (non-hydrogen) atoms. The second-order valence-electron chi connectivity index (χ2n) is 4.73. The van der Waals surface area contributed by atoms with E-state index in [1.807, 2.05) is 0 Å². The van der Waals surface area contributed by atoms with Crippen molar-refractivity contribution in [2.24, 2.45) is 0 Å². The van der Waals surface area contributed by atoms with Gasteiger partial charge < -0.3 is 4.74 Å². The number of hydrogen-bond acceptors (Lipinski definition) is 5. The highest BCUT2D eigenvalue weighted by atomic mass is 32.2. The van der Waals surface area contributed by atoms with Gasteiger partial charge in [0.2, 0.25) is 0 Å². The Hall–Kier alpha value is -2.14. The van der Waals surface area contributed by atoms with Crippen LogP contribution in [0.25, 0.3) is 6.08 Å². The lowest BCUT2D eigenvalue weighted by Crippen LogP contribution is -2.04. The monoisotopic (exact) mass is 314 g/mol. The van der Waals surface area contributed by atoms with Crippen LogP contribution in [-0.2, 0) is 9.53 Å². The standard InChI is InChI=1S/C17H18N2O2S/c1-13-3-5-16(11-14(13)2)22-10-9-21-17(20)6-4-15-12-18-7-8-19-15/h3-8,11-12H,9-10H2,1-2H3/b6-4+. The van der Waals surface area contributed by atoms with Gasteiger partial charge in [-0.3, -0.25) is 9.97 Å². The van der Waals surface area contributed by atoms with Crippen LogP contribution in [0.15, 0.2) is 47.8 Å². The van der Waals surface area contributed by atoms with Gasteiger partial charge in [-0.25, -0.2) is 4.79 Å². The van der Waals surface area contributed by atoms with Crippen LogP contribution in [0.5, 0.6) is 0 Å². The Morgan fingerprint density at radius 2 is 2.14 bits per heavy atom. The van der Waals surface area contributed by atoms with E-state index in [0.717, 1.165) is 5.75 Å². The molecule has 0 spiro atoms. The first-order valence-corrected chi connectivity index (χ1v) is 7.94. The second-order valence-corrected chi connectivity index (χ2v) is 5.89. The Labute approximate surface area is 134 Å². The molecular weight excluding hydrogens is 296 g/mol. The zero-order valence-electron chi connectivity index (χ0n) is 12.7. The maximum absolute atomic E-state index is 11.6. The molecule has 2 rings (SSSR count). The Bertz CT molecular complexity index is 657. The molecule has 0 amide bonds. The van der Waals surface area contributed by atoms with Gasteiger partial charge >= 0.3 is 5.97 Å². The maximum Gasteiger partial charge on any atom is 0.330 e. The number of carbonyl (C=O) groups is 1. The van der Waals surface area contributed by atoms with Crippen molar-refractivity contribution < 1.29 is 9.53 Å². The van der Waals surface area contributed by atoms with Crippen LogP contribution in [0.3, 0.4) is 0 Å². The molecule has 0 radical (unpaired) electrons. The molecule has 0 atom stereocenters. The molecule has 5 heteroatoms. The van der Waals surface area contributed by atoms with Gasteiger partial charge in [-0.1, -0.05) is 6.07 Å². The number of esters is 1. The fourth-order valence-electron chi connectivity index (χ4n) is 1.70. The van der Waals surface area contributed by atoms with Gasteiger partial charge in [-0.05, 0) is 43.2 Å². The molecule has 0 saturated heterocycles. The highest BCUT2D eigenvalue weighted by molar-refractivity contribution is 7.99. The molecule has 0 aliphatic carbocycles. The summed E-state index contributed by atoms with van der Waals surface area (Å²) in [5.41, 5.74) is 3.18. The number of nitrogens with zero attached hydrogens (tertiary/aromatic N) is 2.